The van der Waals surface area contributed by atoms with Gasteiger partial charge >= 0.3 is 42.3 Å². The first-order chi connectivity index (χ1) is 13.1. The summed E-state index contributed by atoms with van der Waals surface area (Å²) in [6, 6.07) is 0. The summed E-state index contributed by atoms with van der Waals surface area (Å²) >= 11 is -11.2. The Kier molecular flexibility index (Phi) is 11.6. The Hall–Kier alpha value is -0.432. The first kappa shape index (κ1) is 28.6. The van der Waals surface area contributed by atoms with Gasteiger partial charge in [0.15, 0.2) is 0 Å². The van der Waals surface area contributed by atoms with Gasteiger partial charge in [-0.1, -0.05) is 45.1 Å². The van der Waals surface area contributed by atoms with E-state index in [2.05, 4.69) is 13.6 Å². The molecule has 3 nitrogen and oxygen atoms in total. The zero-order valence-corrected chi connectivity index (χ0v) is 19.9. The third kappa shape index (κ3) is 25.5. The van der Waals surface area contributed by atoms with E-state index in [1.165, 1.54) is 94.4 Å². The Morgan fingerprint density at radius 2 is 1.24 bits per heavy atom. The average Bonchev–Trinajstić information content (AvgIpc) is 2.99. The first-order valence-electron chi connectivity index (χ1n) is 10.3. The van der Waals surface area contributed by atoms with Crippen molar-refractivity contribution in [3.8, 4) is 0 Å². The number of hydrogen-bond donors (Lipinski definition) is 0. The molecule has 0 aliphatic carbocycles. The summed E-state index contributed by atoms with van der Waals surface area (Å²) in [5, 5.41) is 0. The third-order valence-corrected chi connectivity index (χ3v) is 4.90. The van der Waals surface area contributed by atoms with Gasteiger partial charge in [0.2, 0.25) is 0 Å². The molecule has 1 heterocycles. The molecule has 0 aromatic carbocycles. The van der Waals surface area contributed by atoms with E-state index in [-0.39, 0.29) is 5.97 Å². The molecular weight excluding hydrogens is 510 g/mol. The molecule has 0 atom stereocenters. The van der Waals surface area contributed by atoms with Gasteiger partial charge in [0.25, 0.3) is 0 Å². The van der Waals surface area contributed by atoms with Crippen LogP contribution >= 0.6 is 0 Å². The molecule has 29 heavy (non-hydrogen) atoms. The molecule has 0 N–H and O–H groups in total. The Bertz CT molecular complexity index is 478. The number of nitrogens with zero attached hydrogens (tertiary/aromatic N) is 1. The van der Waals surface area contributed by atoms with E-state index < -0.39 is 19.5 Å². The molecule has 1 rings (SSSR count). The number of carbonyl (C=O) groups is 1. The molecule has 0 spiro atoms. The number of rotatable bonds is 13. The van der Waals surface area contributed by atoms with Gasteiger partial charge in [-0.25, -0.2) is 4.79 Å². The van der Waals surface area contributed by atoms with Crippen LogP contribution in [-0.2, 0) is 9.53 Å². The SMILES string of the molecule is C=CC(=O)OCCCCCCCCCCC[N+]1(C)CCCC1.[F][Sb-]([F])([F])([F])([F])[F]. The van der Waals surface area contributed by atoms with Crippen LogP contribution in [0.2, 0.25) is 0 Å². The van der Waals surface area contributed by atoms with E-state index in [0.717, 1.165) is 6.42 Å². The van der Waals surface area contributed by atoms with E-state index in [4.69, 9.17) is 4.74 Å². The molecule has 0 radical (unpaired) electrons. The zero-order valence-electron chi connectivity index (χ0n) is 17.4. The van der Waals surface area contributed by atoms with Crippen molar-refractivity contribution in [2.75, 3.05) is 33.3 Å². The van der Waals surface area contributed by atoms with Gasteiger partial charge in [-0.15, -0.1) is 0 Å². The quantitative estimate of drug-likeness (QED) is 0.0650. The minimum atomic E-state index is -11.2. The zero-order chi connectivity index (χ0) is 22.5. The first-order valence-corrected chi connectivity index (χ1v) is 16.1. The average molecular weight is 546 g/mol. The number of unbranched alkanes of at least 4 members (excludes halogenated alkanes) is 8. The van der Waals surface area contributed by atoms with Crippen molar-refractivity contribution in [2.45, 2.75) is 70.6 Å². The van der Waals surface area contributed by atoms with Crippen molar-refractivity contribution >= 4 is 25.4 Å². The normalized spacial score (nSPS) is 18.2. The van der Waals surface area contributed by atoms with Crippen LogP contribution in [0, 0.1) is 0 Å². The Morgan fingerprint density at radius 3 is 1.66 bits per heavy atom. The van der Waals surface area contributed by atoms with Crippen LogP contribution < -0.4 is 0 Å². The molecule has 0 unspecified atom stereocenters. The predicted octanol–water partition coefficient (Wildman–Crippen LogP) is 6.61. The summed E-state index contributed by atoms with van der Waals surface area (Å²) in [5.74, 6) is -0.301. The number of hydrogen-bond acceptors (Lipinski definition) is 2. The fourth-order valence-corrected chi connectivity index (χ4v) is 3.39. The Labute approximate surface area is 172 Å². The fraction of sp³-hybridized carbons (Fsp3) is 0.842. The van der Waals surface area contributed by atoms with E-state index in [9.17, 15) is 21.7 Å². The van der Waals surface area contributed by atoms with Gasteiger partial charge < -0.3 is 9.22 Å². The second-order valence-electron chi connectivity index (χ2n) is 8.01. The number of carbonyl (C=O) groups excluding carboxylic acids is 1. The van der Waals surface area contributed by atoms with Gasteiger partial charge in [-0.2, -0.15) is 0 Å². The van der Waals surface area contributed by atoms with Crippen molar-refractivity contribution in [1.29, 1.82) is 0 Å². The van der Waals surface area contributed by atoms with Gasteiger partial charge in [0, 0.05) is 18.9 Å². The summed E-state index contributed by atoms with van der Waals surface area (Å²) in [6.07, 6.45) is 15.8. The van der Waals surface area contributed by atoms with Crippen molar-refractivity contribution in [3.05, 3.63) is 12.7 Å². The molecule has 1 fully saturated rings. The molecule has 10 heteroatoms. The predicted molar refractivity (Wildman–Crippen MR) is 105 cm³/mol. The van der Waals surface area contributed by atoms with Crippen LogP contribution in [0.1, 0.15) is 70.6 Å². The van der Waals surface area contributed by atoms with Crippen molar-refractivity contribution in [3.63, 3.8) is 0 Å². The van der Waals surface area contributed by atoms with E-state index >= 15 is 0 Å². The van der Waals surface area contributed by atoms with Crippen molar-refractivity contribution < 1.29 is 30.9 Å². The molecule has 1 aliphatic heterocycles. The number of quaternary nitrogens is 1. The molecule has 0 aromatic heterocycles. The van der Waals surface area contributed by atoms with Crippen LogP contribution in [0.25, 0.3) is 0 Å². The van der Waals surface area contributed by atoms with Gasteiger partial charge in [-0.05, 0) is 19.3 Å². The number of halogens is 6. The van der Waals surface area contributed by atoms with Crippen LogP contribution in [0.3, 0.4) is 0 Å². The third-order valence-electron chi connectivity index (χ3n) is 4.90. The summed E-state index contributed by atoms with van der Waals surface area (Å²) < 4.78 is 65.8. The molecule has 0 amide bonds. The summed E-state index contributed by atoms with van der Waals surface area (Å²) in [4.78, 5) is 10.8. The second kappa shape index (κ2) is 11.8. The maximum absolute atomic E-state index is 11.2. The van der Waals surface area contributed by atoms with E-state index in [1.807, 2.05) is 0 Å². The van der Waals surface area contributed by atoms with Crippen molar-refractivity contribution in [1.82, 2.24) is 0 Å². The van der Waals surface area contributed by atoms with Crippen molar-refractivity contribution in [2.24, 2.45) is 0 Å². The van der Waals surface area contributed by atoms with Crippen LogP contribution in [0.5, 0.6) is 0 Å². The maximum atomic E-state index is 10.8. The number of ether oxygens (including phenoxy) is 1. The van der Waals surface area contributed by atoms with Gasteiger partial charge in [-0.3, -0.25) is 0 Å². The van der Waals surface area contributed by atoms with Gasteiger partial charge in [0.05, 0.1) is 33.3 Å². The van der Waals surface area contributed by atoms with Crippen LogP contribution in [-0.4, -0.2) is 63.2 Å². The van der Waals surface area contributed by atoms with Gasteiger partial charge in [0.1, 0.15) is 0 Å². The molecular formula is C19H36F6NO2Sb. The van der Waals surface area contributed by atoms with E-state index in [1.54, 1.807) is 0 Å². The summed E-state index contributed by atoms with van der Waals surface area (Å²) in [6.45, 7) is 8.13. The van der Waals surface area contributed by atoms with E-state index in [0.29, 0.717) is 6.61 Å². The monoisotopic (exact) mass is 545 g/mol. The summed E-state index contributed by atoms with van der Waals surface area (Å²) in [5.41, 5.74) is 0. The minimum absolute atomic E-state index is 0.301. The molecule has 176 valence electrons. The standard InChI is InChI=1S/C19H36NO2.6FH.Sb/c1-3-19(21)22-18-14-10-8-6-4-5-7-9-11-15-20(2)16-12-13-17-20;;;;;;;/h3H,1,4-18H2,2H3;6*1H;/q+1;;;;;;;+5/p-6. The fourth-order valence-electron chi connectivity index (χ4n) is 3.39. The molecule has 0 bridgehead atoms. The Morgan fingerprint density at radius 1 is 0.862 bits per heavy atom. The second-order valence-corrected chi connectivity index (χ2v) is 13.5. The van der Waals surface area contributed by atoms with Crippen LogP contribution in [0.4, 0.5) is 16.9 Å². The topological polar surface area (TPSA) is 26.3 Å². The molecule has 1 saturated heterocycles. The summed E-state index contributed by atoms with van der Waals surface area (Å²) in [7, 11) is 2.43. The Balaban J connectivity index is 0.000000956. The van der Waals surface area contributed by atoms with Crippen LogP contribution in [0.15, 0.2) is 12.7 Å². The molecule has 0 saturated carbocycles. The molecule has 1 aliphatic rings. The number of esters is 1. The number of likely N-dealkylation sites (tertiary alicyclic amines) is 1. The molecule has 0 aromatic rings.